The number of carbonyl (C=O) groups is 2. The molecule has 1 fully saturated rings. The molecular formula is C12H20NO3-. The van der Waals surface area contributed by atoms with Crippen LogP contribution in [0.2, 0.25) is 0 Å². The molecule has 0 bridgehead atoms. The maximum atomic E-state index is 11.5. The minimum Gasteiger partial charge on any atom is -0.550 e. The molecule has 1 amide bonds. The number of hydrogen-bond acceptors (Lipinski definition) is 3. The average molecular weight is 226 g/mol. The molecule has 92 valence electrons. The maximum Gasteiger partial charge on any atom is 0.220 e. The Morgan fingerprint density at radius 3 is 2.56 bits per heavy atom. The first-order valence-corrected chi connectivity index (χ1v) is 6.00. The Hall–Kier alpha value is -1.06. The molecule has 1 rings (SSSR count). The van der Waals surface area contributed by atoms with Crippen LogP contribution in [0.1, 0.15) is 46.0 Å². The zero-order valence-corrected chi connectivity index (χ0v) is 9.99. The molecule has 0 aromatic carbocycles. The van der Waals surface area contributed by atoms with Crippen LogP contribution < -0.4 is 10.4 Å². The van der Waals surface area contributed by atoms with Crippen LogP contribution >= 0.6 is 0 Å². The van der Waals surface area contributed by atoms with Crippen LogP contribution in [0.4, 0.5) is 0 Å². The van der Waals surface area contributed by atoms with Gasteiger partial charge in [0.25, 0.3) is 0 Å². The van der Waals surface area contributed by atoms with Crippen LogP contribution in [0, 0.1) is 11.8 Å². The molecule has 0 heterocycles. The van der Waals surface area contributed by atoms with Gasteiger partial charge >= 0.3 is 0 Å². The molecule has 0 unspecified atom stereocenters. The van der Waals surface area contributed by atoms with Crippen LogP contribution in [0.5, 0.6) is 0 Å². The number of hydrogen-bond donors (Lipinski definition) is 1. The predicted molar refractivity (Wildman–Crippen MR) is 58.4 cm³/mol. The van der Waals surface area contributed by atoms with Gasteiger partial charge in [0, 0.05) is 18.4 Å². The van der Waals surface area contributed by atoms with Gasteiger partial charge in [-0.15, -0.1) is 0 Å². The summed E-state index contributed by atoms with van der Waals surface area (Å²) in [7, 11) is 0. The summed E-state index contributed by atoms with van der Waals surface area (Å²) in [5.74, 6) is -0.240. The lowest BCUT2D eigenvalue weighted by atomic mass is 9.78. The van der Waals surface area contributed by atoms with E-state index >= 15 is 0 Å². The fourth-order valence-electron chi connectivity index (χ4n) is 2.28. The third kappa shape index (κ3) is 3.83. The van der Waals surface area contributed by atoms with E-state index in [0.717, 1.165) is 12.8 Å². The fraction of sp³-hybridized carbons (Fsp3) is 0.833. The second-order valence-electron chi connectivity index (χ2n) is 4.81. The van der Waals surface area contributed by atoms with E-state index in [1.807, 2.05) is 0 Å². The molecular weight excluding hydrogens is 206 g/mol. The van der Waals surface area contributed by atoms with E-state index in [2.05, 4.69) is 19.2 Å². The SMILES string of the molecule is C[C@@H]1[C@H](C)CCC[C@H]1NC(=O)CCC(=O)[O-]. The minimum atomic E-state index is -1.17. The van der Waals surface area contributed by atoms with Crippen molar-refractivity contribution in [3.8, 4) is 0 Å². The number of nitrogens with one attached hydrogen (secondary N) is 1. The highest BCUT2D eigenvalue weighted by atomic mass is 16.4. The Bertz CT molecular complexity index is 265. The summed E-state index contributed by atoms with van der Waals surface area (Å²) >= 11 is 0. The van der Waals surface area contributed by atoms with Crippen molar-refractivity contribution < 1.29 is 14.7 Å². The number of amides is 1. The summed E-state index contributed by atoms with van der Waals surface area (Å²) in [5.41, 5.74) is 0. The average Bonchev–Trinajstić information content (AvgIpc) is 2.22. The van der Waals surface area contributed by atoms with Gasteiger partial charge in [-0.25, -0.2) is 0 Å². The normalized spacial score (nSPS) is 29.8. The van der Waals surface area contributed by atoms with Gasteiger partial charge in [-0.1, -0.05) is 26.7 Å². The topological polar surface area (TPSA) is 69.2 Å². The first-order chi connectivity index (χ1) is 7.50. The van der Waals surface area contributed by atoms with Gasteiger partial charge in [-0.05, 0) is 24.7 Å². The minimum absolute atomic E-state index is 0.0277. The quantitative estimate of drug-likeness (QED) is 0.757. The van der Waals surface area contributed by atoms with Gasteiger partial charge in [-0.3, -0.25) is 4.79 Å². The molecule has 0 aliphatic heterocycles. The van der Waals surface area contributed by atoms with E-state index < -0.39 is 5.97 Å². The molecule has 0 aromatic heterocycles. The molecule has 4 heteroatoms. The second-order valence-corrected chi connectivity index (χ2v) is 4.81. The van der Waals surface area contributed by atoms with Gasteiger partial charge in [0.05, 0.1) is 0 Å². The van der Waals surface area contributed by atoms with E-state index in [0.29, 0.717) is 11.8 Å². The van der Waals surface area contributed by atoms with Crippen molar-refractivity contribution in [1.82, 2.24) is 5.32 Å². The first kappa shape index (κ1) is 13.0. The van der Waals surface area contributed by atoms with Gasteiger partial charge in [0.15, 0.2) is 0 Å². The molecule has 3 atom stereocenters. The Balaban J connectivity index is 2.35. The van der Waals surface area contributed by atoms with Crippen LogP contribution in [0.3, 0.4) is 0 Å². The summed E-state index contributed by atoms with van der Waals surface area (Å²) < 4.78 is 0. The monoisotopic (exact) mass is 226 g/mol. The molecule has 1 aliphatic rings. The standard InChI is InChI=1S/C12H21NO3/c1-8-4-3-5-10(9(8)2)13-11(14)6-7-12(15)16/h8-10H,3-7H2,1-2H3,(H,13,14)(H,15,16)/p-1/t8-,9-,10-/m1/s1. The fourth-order valence-corrected chi connectivity index (χ4v) is 2.28. The van der Waals surface area contributed by atoms with Crippen molar-refractivity contribution >= 4 is 11.9 Å². The summed E-state index contributed by atoms with van der Waals surface area (Å²) in [6.45, 7) is 4.34. The molecule has 1 aliphatic carbocycles. The lowest BCUT2D eigenvalue weighted by Crippen LogP contribution is -2.44. The Labute approximate surface area is 96.4 Å². The molecule has 1 saturated carbocycles. The lowest BCUT2D eigenvalue weighted by molar-refractivity contribution is -0.305. The summed E-state index contributed by atoms with van der Waals surface area (Å²) in [6.07, 6.45) is 3.19. The third-order valence-electron chi connectivity index (χ3n) is 3.61. The highest BCUT2D eigenvalue weighted by Gasteiger charge is 2.27. The number of carboxylic acids is 1. The number of rotatable bonds is 4. The van der Waals surface area contributed by atoms with Crippen LogP contribution in [0.25, 0.3) is 0 Å². The molecule has 1 N–H and O–H groups in total. The summed E-state index contributed by atoms with van der Waals surface area (Å²) in [4.78, 5) is 21.7. The van der Waals surface area contributed by atoms with Gasteiger partial charge in [-0.2, -0.15) is 0 Å². The highest BCUT2D eigenvalue weighted by Crippen LogP contribution is 2.29. The Kier molecular flexibility index (Phi) is 4.77. The lowest BCUT2D eigenvalue weighted by Gasteiger charge is -2.34. The second kappa shape index (κ2) is 5.87. The Morgan fingerprint density at radius 2 is 1.94 bits per heavy atom. The number of carboxylic acid groups (broad SMARTS) is 1. The summed E-state index contributed by atoms with van der Waals surface area (Å²) in [6, 6.07) is 0.206. The van der Waals surface area contributed by atoms with Crippen molar-refractivity contribution in [2.75, 3.05) is 0 Å². The maximum absolute atomic E-state index is 11.5. The smallest absolute Gasteiger partial charge is 0.220 e. The van der Waals surface area contributed by atoms with Crippen LogP contribution in [-0.4, -0.2) is 17.9 Å². The third-order valence-corrected chi connectivity index (χ3v) is 3.61. The van der Waals surface area contributed by atoms with Crippen LogP contribution in [0.15, 0.2) is 0 Å². The van der Waals surface area contributed by atoms with Crippen molar-refractivity contribution in [3.63, 3.8) is 0 Å². The molecule has 0 aromatic rings. The first-order valence-electron chi connectivity index (χ1n) is 6.00. The highest BCUT2D eigenvalue weighted by molar-refractivity contribution is 5.80. The van der Waals surface area contributed by atoms with Gasteiger partial charge < -0.3 is 15.2 Å². The van der Waals surface area contributed by atoms with Crippen LogP contribution in [-0.2, 0) is 9.59 Å². The molecule has 0 radical (unpaired) electrons. The zero-order chi connectivity index (χ0) is 12.1. The number of aliphatic carboxylic acids is 1. The largest absolute Gasteiger partial charge is 0.550 e. The molecule has 4 nitrogen and oxygen atoms in total. The van der Waals surface area contributed by atoms with Gasteiger partial charge in [0.1, 0.15) is 0 Å². The van der Waals surface area contributed by atoms with Crippen molar-refractivity contribution in [2.45, 2.75) is 52.0 Å². The molecule has 0 spiro atoms. The van der Waals surface area contributed by atoms with E-state index in [4.69, 9.17) is 0 Å². The zero-order valence-electron chi connectivity index (χ0n) is 9.99. The number of carbonyl (C=O) groups excluding carboxylic acids is 2. The van der Waals surface area contributed by atoms with Crippen molar-refractivity contribution in [3.05, 3.63) is 0 Å². The van der Waals surface area contributed by atoms with Crippen molar-refractivity contribution in [1.29, 1.82) is 0 Å². The van der Waals surface area contributed by atoms with E-state index in [1.165, 1.54) is 6.42 Å². The van der Waals surface area contributed by atoms with E-state index in [-0.39, 0.29) is 24.8 Å². The van der Waals surface area contributed by atoms with E-state index in [1.54, 1.807) is 0 Å². The summed E-state index contributed by atoms with van der Waals surface area (Å²) in [5, 5.41) is 13.1. The molecule has 16 heavy (non-hydrogen) atoms. The molecule has 0 saturated heterocycles. The van der Waals surface area contributed by atoms with Gasteiger partial charge in [0.2, 0.25) is 5.91 Å². The van der Waals surface area contributed by atoms with Crippen molar-refractivity contribution in [2.24, 2.45) is 11.8 Å². The van der Waals surface area contributed by atoms with E-state index in [9.17, 15) is 14.7 Å². The Morgan fingerprint density at radius 1 is 1.25 bits per heavy atom. The predicted octanol–water partition coefficient (Wildman–Crippen LogP) is 0.457.